The number of ether oxygens (including phenoxy) is 2. The third-order valence-electron chi connectivity index (χ3n) is 2.67. The first-order chi connectivity index (χ1) is 8.21. The van der Waals surface area contributed by atoms with Crippen molar-refractivity contribution in [3.05, 3.63) is 18.0 Å². The number of nitriles is 1. The first kappa shape index (κ1) is 11.3. The lowest BCUT2D eigenvalue weighted by Crippen LogP contribution is -1.98. The molecule has 0 bridgehead atoms. The van der Waals surface area contributed by atoms with Crippen LogP contribution in [0.2, 0.25) is 0 Å². The molecular weight excluding hydrogens is 218 g/mol. The molecule has 0 fully saturated rings. The van der Waals surface area contributed by atoms with Gasteiger partial charge in [0, 0.05) is 12.1 Å². The average molecular weight is 231 g/mol. The van der Waals surface area contributed by atoms with E-state index in [0.717, 1.165) is 16.9 Å². The fourth-order valence-electron chi connectivity index (χ4n) is 1.84. The van der Waals surface area contributed by atoms with Crippen LogP contribution < -0.4 is 9.47 Å². The van der Waals surface area contributed by atoms with Crippen LogP contribution in [-0.2, 0) is 6.54 Å². The molecule has 17 heavy (non-hydrogen) atoms. The first-order valence-electron chi connectivity index (χ1n) is 5.17. The minimum absolute atomic E-state index is 0.276. The fourth-order valence-corrected chi connectivity index (χ4v) is 1.84. The third-order valence-corrected chi connectivity index (χ3v) is 2.67. The van der Waals surface area contributed by atoms with Crippen molar-refractivity contribution < 1.29 is 9.47 Å². The molecule has 0 radical (unpaired) electrons. The summed E-state index contributed by atoms with van der Waals surface area (Å²) in [5, 5.41) is 8.79. The van der Waals surface area contributed by atoms with Crippen LogP contribution in [0.15, 0.2) is 12.1 Å². The summed E-state index contributed by atoms with van der Waals surface area (Å²) in [5.74, 6) is 2.08. The van der Waals surface area contributed by atoms with E-state index in [2.05, 4.69) is 11.1 Å². The maximum Gasteiger partial charge on any atom is 0.163 e. The van der Waals surface area contributed by atoms with E-state index in [9.17, 15) is 0 Å². The highest BCUT2D eigenvalue weighted by Gasteiger charge is 2.12. The predicted octanol–water partition coefficient (Wildman–Crippen LogP) is 1.89. The molecule has 5 nitrogen and oxygen atoms in total. The van der Waals surface area contributed by atoms with Gasteiger partial charge in [0.2, 0.25) is 0 Å². The number of benzene rings is 1. The van der Waals surface area contributed by atoms with Crippen molar-refractivity contribution in [3.8, 4) is 17.6 Å². The molecule has 0 saturated heterocycles. The van der Waals surface area contributed by atoms with E-state index < -0.39 is 0 Å². The maximum atomic E-state index is 8.79. The van der Waals surface area contributed by atoms with Gasteiger partial charge < -0.3 is 14.0 Å². The highest BCUT2D eigenvalue weighted by molar-refractivity contribution is 5.80. The third kappa shape index (κ3) is 1.78. The average Bonchev–Trinajstić information content (AvgIpc) is 2.64. The van der Waals surface area contributed by atoms with Crippen LogP contribution in [0.25, 0.3) is 11.0 Å². The van der Waals surface area contributed by atoms with Crippen LogP contribution in [0.4, 0.5) is 0 Å². The largest absolute Gasteiger partial charge is 0.493 e. The number of hydrogen-bond donors (Lipinski definition) is 0. The maximum absolute atomic E-state index is 8.79. The molecule has 0 saturated carbocycles. The second-order valence-electron chi connectivity index (χ2n) is 3.60. The lowest BCUT2D eigenvalue weighted by atomic mass is 10.2. The Hall–Kier alpha value is -2.22. The Morgan fingerprint density at radius 1 is 1.29 bits per heavy atom. The summed E-state index contributed by atoms with van der Waals surface area (Å²) in [4.78, 5) is 4.39. The summed E-state index contributed by atoms with van der Waals surface area (Å²) in [7, 11) is 3.17. The van der Waals surface area contributed by atoms with Gasteiger partial charge in [0.25, 0.3) is 0 Å². The van der Waals surface area contributed by atoms with Gasteiger partial charge in [-0.15, -0.1) is 0 Å². The van der Waals surface area contributed by atoms with Gasteiger partial charge in [-0.3, -0.25) is 0 Å². The summed E-state index contributed by atoms with van der Waals surface area (Å²) in [6.45, 7) is 2.15. The van der Waals surface area contributed by atoms with Crippen molar-refractivity contribution >= 4 is 11.0 Å². The molecule has 2 rings (SSSR count). The minimum Gasteiger partial charge on any atom is -0.493 e. The van der Waals surface area contributed by atoms with Gasteiger partial charge in [-0.05, 0) is 6.92 Å². The number of hydrogen-bond acceptors (Lipinski definition) is 4. The van der Waals surface area contributed by atoms with Gasteiger partial charge >= 0.3 is 0 Å². The van der Waals surface area contributed by atoms with Crippen LogP contribution in [-0.4, -0.2) is 23.8 Å². The zero-order valence-electron chi connectivity index (χ0n) is 10.0. The number of aromatic nitrogens is 2. The number of methoxy groups -OCH3 is 2. The van der Waals surface area contributed by atoms with Crippen molar-refractivity contribution in [3.63, 3.8) is 0 Å². The number of aryl methyl sites for hydroxylation is 1. The Morgan fingerprint density at radius 2 is 1.94 bits per heavy atom. The van der Waals surface area contributed by atoms with Crippen molar-refractivity contribution in [2.75, 3.05) is 14.2 Å². The van der Waals surface area contributed by atoms with Crippen LogP contribution in [0.5, 0.6) is 11.5 Å². The molecule has 1 heterocycles. The molecule has 1 aromatic heterocycles. The van der Waals surface area contributed by atoms with E-state index in [1.54, 1.807) is 14.2 Å². The number of imidazole rings is 1. The Balaban J connectivity index is 2.71. The van der Waals surface area contributed by atoms with Crippen molar-refractivity contribution in [2.24, 2.45) is 0 Å². The van der Waals surface area contributed by atoms with Crippen LogP contribution in [0, 0.1) is 18.3 Å². The number of fused-ring (bicyclic) bond motifs is 1. The van der Waals surface area contributed by atoms with Crippen LogP contribution >= 0.6 is 0 Å². The number of rotatable bonds is 3. The Morgan fingerprint density at radius 3 is 2.53 bits per heavy atom. The first-order valence-corrected chi connectivity index (χ1v) is 5.17. The molecular formula is C12H13N3O2. The van der Waals surface area contributed by atoms with Crippen LogP contribution in [0.1, 0.15) is 5.82 Å². The fraction of sp³-hybridized carbons (Fsp3) is 0.333. The summed E-state index contributed by atoms with van der Waals surface area (Å²) < 4.78 is 12.3. The topological polar surface area (TPSA) is 60.1 Å². The lowest BCUT2D eigenvalue weighted by Gasteiger charge is -2.07. The monoisotopic (exact) mass is 231 g/mol. The molecule has 0 aliphatic rings. The Bertz CT molecular complexity index is 596. The minimum atomic E-state index is 0.276. The summed E-state index contributed by atoms with van der Waals surface area (Å²) >= 11 is 0. The van der Waals surface area contributed by atoms with Crippen molar-refractivity contribution in [1.82, 2.24) is 9.55 Å². The zero-order valence-corrected chi connectivity index (χ0v) is 10.0. The van der Waals surface area contributed by atoms with Gasteiger partial charge in [0.05, 0.1) is 31.3 Å². The van der Waals surface area contributed by atoms with E-state index in [-0.39, 0.29) is 6.54 Å². The van der Waals surface area contributed by atoms with Gasteiger partial charge in [-0.25, -0.2) is 4.98 Å². The molecule has 5 heteroatoms. The molecule has 2 aromatic rings. The van der Waals surface area contributed by atoms with E-state index in [1.165, 1.54) is 0 Å². The van der Waals surface area contributed by atoms with Crippen molar-refractivity contribution in [2.45, 2.75) is 13.5 Å². The molecule has 0 N–H and O–H groups in total. The molecule has 0 unspecified atom stereocenters. The van der Waals surface area contributed by atoms with E-state index in [4.69, 9.17) is 14.7 Å². The SMILES string of the molecule is COc1cc2nc(C)n(CC#N)c2cc1OC. The molecule has 0 amide bonds. The molecule has 0 spiro atoms. The second-order valence-corrected chi connectivity index (χ2v) is 3.60. The normalized spacial score (nSPS) is 10.2. The summed E-state index contributed by atoms with van der Waals surface area (Å²) in [5.41, 5.74) is 1.68. The number of nitrogens with zero attached hydrogens (tertiary/aromatic N) is 3. The zero-order chi connectivity index (χ0) is 12.4. The van der Waals surface area contributed by atoms with Gasteiger partial charge in [-0.1, -0.05) is 0 Å². The Kier molecular flexibility index (Phi) is 2.88. The Labute approximate surface area is 99.2 Å². The smallest absolute Gasteiger partial charge is 0.163 e. The molecule has 1 aromatic carbocycles. The quantitative estimate of drug-likeness (QED) is 0.809. The predicted molar refractivity (Wildman–Crippen MR) is 63.2 cm³/mol. The summed E-state index contributed by atoms with van der Waals surface area (Å²) in [6, 6.07) is 5.77. The highest BCUT2D eigenvalue weighted by Crippen LogP contribution is 2.32. The molecule has 0 atom stereocenters. The van der Waals surface area contributed by atoms with Gasteiger partial charge in [0.1, 0.15) is 12.4 Å². The standard InChI is InChI=1S/C12H13N3O2/c1-8-14-9-6-11(16-2)12(17-3)7-10(9)15(8)5-4-13/h6-7H,5H2,1-3H3. The molecule has 0 aliphatic heterocycles. The second kappa shape index (κ2) is 4.34. The molecule has 88 valence electrons. The van der Waals surface area contributed by atoms with E-state index >= 15 is 0 Å². The lowest BCUT2D eigenvalue weighted by molar-refractivity contribution is 0.355. The highest BCUT2D eigenvalue weighted by atomic mass is 16.5. The van der Waals surface area contributed by atoms with Gasteiger partial charge in [-0.2, -0.15) is 5.26 Å². The van der Waals surface area contributed by atoms with Gasteiger partial charge in [0.15, 0.2) is 11.5 Å². The van der Waals surface area contributed by atoms with Crippen molar-refractivity contribution in [1.29, 1.82) is 5.26 Å². The van der Waals surface area contributed by atoms with E-state index in [0.29, 0.717) is 11.5 Å². The van der Waals surface area contributed by atoms with E-state index in [1.807, 2.05) is 23.6 Å². The van der Waals surface area contributed by atoms with Crippen LogP contribution in [0.3, 0.4) is 0 Å². The molecule has 0 aliphatic carbocycles. The summed E-state index contributed by atoms with van der Waals surface area (Å²) in [6.07, 6.45) is 0.